The van der Waals surface area contributed by atoms with E-state index in [1.807, 2.05) is 42.5 Å². The van der Waals surface area contributed by atoms with Crippen LogP contribution in [0, 0.1) is 0 Å². The molecule has 2 N–H and O–H groups in total. The average molecular weight is 385 g/mol. The van der Waals surface area contributed by atoms with Gasteiger partial charge in [-0.15, -0.1) is 0 Å². The van der Waals surface area contributed by atoms with E-state index in [9.17, 15) is 0 Å². The molecule has 0 aliphatic rings. The Kier molecular flexibility index (Phi) is 6.76. The molecule has 0 spiro atoms. The molecule has 1 aromatic carbocycles. The molecule has 0 bridgehead atoms. The molecular weight excluding hydrogens is 364 g/mol. The Labute approximate surface area is 162 Å². The Morgan fingerprint density at radius 2 is 1.85 bits per heavy atom. The van der Waals surface area contributed by atoms with E-state index in [2.05, 4.69) is 30.8 Å². The van der Waals surface area contributed by atoms with E-state index in [1.165, 1.54) is 5.56 Å². The number of pyridine rings is 1. The van der Waals surface area contributed by atoms with Gasteiger partial charge in [0.25, 0.3) is 5.89 Å². The largest absolute Gasteiger partial charge is 0.356 e. The van der Waals surface area contributed by atoms with E-state index in [4.69, 9.17) is 16.1 Å². The summed E-state index contributed by atoms with van der Waals surface area (Å²) in [4.78, 5) is 12.8. The summed E-state index contributed by atoms with van der Waals surface area (Å²) >= 11 is 5.90. The third-order valence-electron chi connectivity index (χ3n) is 3.84. The number of halogens is 1. The quantitative estimate of drug-likeness (QED) is 0.481. The number of benzene rings is 1. The highest BCUT2D eigenvalue weighted by Gasteiger charge is 2.09. The fraction of sp³-hybridized carbons (Fsp3) is 0.263. The zero-order valence-electron chi connectivity index (χ0n) is 15.0. The van der Waals surface area contributed by atoms with Crippen LogP contribution in [0.3, 0.4) is 0 Å². The lowest BCUT2D eigenvalue weighted by atomic mass is 10.1. The molecule has 0 aliphatic carbocycles. The van der Waals surface area contributed by atoms with Crippen molar-refractivity contribution >= 4 is 17.6 Å². The van der Waals surface area contributed by atoms with Gasteiger partial charge in [0.15, 0.2) is 11.8 Å². The molecule has 0 atom stereocenters. The van der Waals surface area contributed by atoms with Crippen LogP contribution >= 0.6 is 11.6 Å². The van der Waals surface area contributed by atoms with Crippen LogP contribution in [0.4, 0.5) is 0 Å². The van der Waals surface area contributed by atoms with Gasteiger partial charge in [0, 0.05) is 37.8 Å². The minimum Gasteiger partial charge on any atom is -0.356 e. The molecule has 27 heavy (non-hydrogen) atoms. The maximum atomic E-state index is 5.90. The Morgan fingerprint density at radius 1 is 1.07 bits per heavy atom. The zero-order chi connectivity index (χ0) is 18.9. The third kappa shape index (κ3) is 5.79. The number of nitrogens with zero attached hydrogens (tertiary/aromatic N) is 4. The van der Waals surface area contributed by atoms with Crippen LogP contribution in [0.5, 0.6) is 0 Å². The van der Waals surface area contributed by atoms with Gasteiger partial charge in [0.1, 0.15) is 5.69 Å². The van der Waals surface area contributed by atoms with Crippen molar-refractivity contribution in [3.8, 4) is 11.6 Å². The predicted molar refractivity (Wildman–Crippen MR) is 106 cm³/mol. The third-order valence-corrected chi connectivity index (χ3v) is 4.09. The van der Waals surface area contributed by atoms with Gasteiger partial charge in [0.2, 0.25) is 0 Å². The van der Waals surface area contributed by atoms with Crippen LogP contribution in [0.15, 0.2) is 58.2 Å². The molecular formula is C19H21ClN6O. The second kappa shape index (κ2) is 9.68. The first-order valence-electron chi connectivity index (χ1n) is 8.67. The summed E-state index contributed by atoms with van der Waals surface area (Å²) < 4.78 is 5.25. The number of hydrogen-bond donors (Lipinski definition) is 2. The van der Waals surface area contributed by atoms with E-state index in [0.29, 0.717) is 30.4 Å². The second-order valence-electron chi connectivity index (χ2n) is 5.78. The van der Waals surface area contributed by atoms with Crippen LogP contribution in [-0.2, 0) is 12.8 Å². The van der Waals surface area contributed by atoms with Crippen molar-refractivity contribution in [3.05, 3.63) is 65.1 Å². The van der Waals surface area contributed by atoms with Crippen molar-refractivity contribution in [2.24, 2.45) is 4.99 Å². The molecule has 0 saturated heterocycles. The standard InChI is InChI=1S/C19H21ClN6O/c1-21-19(23-12-9-14-5-7-15(20)8-6-14)24-13-10-17-25-18(27-26-17)16-4-2-3-11-22-16/h2-8,11H,9-10,12-13H2,1H3,(H2,21,23,24). The number of aromatic nitrogens is 3. The first kappa shape index (κ1) is 18.8. The fourth-order valence-electron chi connectivity index (χ4n) is 2.44. The first-order chi connectivity index (χ1) is 13.2. The van der Waals surface area contributed by atoms with Crippen LogP contribution < -0.4 is 10.6 Å². The number of aliphatic imine (C=N–C) groups is 1. The van der Waals surface area contributed by atoms with Gasteiger partial charge in [-0.3, -0.25) is 9.98 Å². The Morgan fingerprint density at radius 3 is 2.56 bits per heavy atom. The van der Waals surface area contributed by atoms with Crippen molar-refractivity contribution in [2.45, 2.75) is 12.8 Å². The number of hydrogen-bond acceptors (Lipinski definition) is 5. The normalized spacial score (nSPS) is 11.4. The summed E-state index contributed by atoms with van der Waals surface area (Å²) in [6.45, 7) is 1.41. The van der Waals surface area contributed by atoms with Gasteiger partial charge < -0.3 is 15.2 Å². The van der Waals surface area contributed by atoms with E-state index >= 15 is 0 Å². The van der Waals surface area contributed by atoms with Crippen LogP contribution in [0.1, 0.15) is 11.4 Å². The molecule has 0 amide bonds. The van der Waals surface area contributed by atoms with Gasteiger partial charge in [-0.2, -0.15) is 4.98 Å². The molecule has 8 heteroatoms. The van der Waals surface area contributed by atoms with Gasteiger partial charge in [-0.25, -0.2) is 0 Å². The van der Waals surface area contributed by atoms with Crippen molar-refractivity contribution in [1.82, 2.24) is 25.8 Å². The van der Waals surface area contributed by atoms with E-state index in [1.54, 1.807) is 13.2 Å². The molecule has 0 fully saturated rings. The molecule has 7 nitrogen and oxygen atoms in total. The number of nitrogens with one attached hydrogen (secondary N) is 2. The van der Waals surface area contributed by atoms with Crippen molar-refractivity contribution in [3.63, 3.8) is 0 Å². The summed E-state index contributed by atoms with van der Waals surface area (Å²) in [6, 6.07) is 13.4. The predicted octanol–water partition coefficient (Wildman–Crippen LogP) is 2.74. The summed E-state index contributed by atoms with van der Waals surface area (Å²) in [6.07, 6.45) is 3.20. The van der Waals surface area contributed by atoms with Gasteiger partial charge in [0.05, 0.1) is 0 Å². The maximum Gasteiger partial charge on any atom is 0.276 e. The van der Waals surface area contributed by atoms with Gasteiger partial charge in [-0.05, 0) is 36.2 Å². The minimum atomic E-state index is 0.427. The fourth-order valence-corrected chi connectivity index (χ4v) is 2.56. The highest BCUT2D eigenvalue weighted by atomic mass is 35.5. The van der Waals surface area contributed by atoms with E-state index < -0.39 is 0 Å². The molecule has 0 saturated carbocycles. The maximum absolute atomic E-state index is 5.90. The number of guanidine groups is 1. The molecule has 0 aliphatic heterocycles. The highest BCUT2D eigenvalue weighted by Crippen LogP contribution is 2.13. The average Bonchev–Trinajstić information content (AvgIpc) is 3.18. The zero-order valence-corrected chi connectivity index (χ0v) is 15.8. The highest BCUT2D eigenvalue weighted by molar-refractivity contribution is 6.30. The van der Waals surface area contributed by atoms with Crippen LogP contribution in [0.2, 0.25) is 5.02 Å². The van der Waals surface area contributed by atoms with Gasteiger partial charge >= 0.3 is 0 Å². The summed E-state index contributed by atoms with van der Waals surface area (Å²) in [5.74, 6) is 1.79. The molecule has 0 unspecified atom stereocenters. The SMILES string of the molecule is CN=C(NCCc1ccc(Cl)cc1)NCCc1noc(-c2ccccn2)n1. The van der Waals surface area contributed by atoms with Crippen molar-refractivity contribution in [2.75, 3.05) is 20.1 Å². The Balaban J connectivity index is 1.41. The monoisotopic (exact) mass is 384 g/mol. The molecule has 0 radical (unpaired) electrons. The molecule has 140 valence electrons. The lowest BCUT2D eigenvalue weighted by Gasteiger charge is -2.11. The smallest absolute Gasteiger partial charge is 0.276 e. The molecule has 3 rings (SSSR count). The molecule has 3 aromatic rings. The van der Waals surface area contributed by atoms with Crippen LogP contribution in [-0.4, -0.2) is 41.2 Å². The Hall–Kier alpha value is -2.93. The second-order valence-corrected chi connectivity index (χ2v) is 6.22. The summed E-state index contributed by atoms with van der Waals surface area (Å²) in [7, 11) is 1.74. The molecule has 2 heterocycles. The van der Waals surface area contributed by atoms with Crippen LogP contribution in [0.25, 0.3) is 11.6 Å². The van der Waals surface area contributed by atoms with Crippen molar-refractivity contribution in [1.29, 1.82) is 0 Å². The number of rotatable bonds is 7. The summed E-state index contributed by atoms with van der Waals surface area (Å²) in [5, 5.41) is 11.3. The summed E-state index contributed by atoms with van der Waals surface area (Å²) in [5.41, 5.74) is 1.89. The Bertz CT molecular complexity index is 863. The minimum absolute atomic E-state index is 0.427. The van der Waals surface area contributed by atoms with E-state index in [0.717, 1.165) is 23.9 Å². The lowest BCUT2D eigenvalue weighted by Crippen LogP contribution is -2.39. The topological polar surface area (TPSA) is 88.2 Å². The van der Waals surface area contributed by atoms with Gasteiger partial charge in [-0.1, -0.05) is 35.0 Å². The first-order valence-corrected chi connectivity index (χ1v) is 9.05. The van der Waals surface area contributed by atoms with E-state index in [-0.39, 0.29) is 0 Å². The van der Waals surface area contributed by atoms with Crippen molar-refractivity contribution < 1.29 is 4.52 Å². The molecule has 2 aromatic heterocycles. The lowest BCUT2D eigenvalue weighted by molar-refractivity contribution is 0.421.